The molecule has 0 radical (unpaired) electrons. The highest BCUT2D eigenvalue weighted by molar-refractivity contribution is 4.67. The summed E-state index contributed by atoms with van der Waals surface area (Å²) in [6, 6.07) is 0.685. The predicted molar refractivity (Wildman–Crippen MR) is 81.1 cm³/mol. The molecule has 1 saturated carbocycles. The van der Waals surface area contributed by atoms with Gasteiger partial charge >= 0.3 is 0 Å². The van der Waals surface area contributed by atoms with Gasteiger partial charge in [0, 0.05) is 6.04 Å². The van der Waals surface area contributed by atoms with Gasteiger partial charge in [0.05, 0.1) is 0 Å². The predicted octanol–water partition coefficient (Wildman–Crippen LogP) is 3.67. The van der Waals surface area contributed by atoms with E-state index in [9.17, 15) is 0 Å². The Bertz CT molecular complexity index is 186. The van der Waals surface area contributed by atoms with Crippen LogP contribution in [0.15, 0.2) is 0 Å². The maximum absolute atomic E-state index is 3.62. The van der Waals surface area contributed by atoms with E-state index in [-0.39, 0.29) is 0 Å². The Kier molecular flexibility index (Phi) is 8.70. The Hall–Kier alpha value is -0.0800. The van der Waals surface area contributed by atoms with Crippen molar-refractivity contribution in [3.63, 3.8) is 0 Å². The highest BCUT2D eigenvalue weighted by atomic mass is 15.1. The van der Waals surface area contributed by atoms with E-state index in [1.54, 1.807) is 0 Å². The molecule has 0 aliphatic heterocycles. The third kappa shape index (κ3) is 7.38. The fourth-order valence-electron chi connectivity index (χ4n) is 2.78. The van der Waals surface area contributed by atoms with E-state index < -0.39 is 0 Å². The fraction of sp³-hybridized carbons (Fsp3) is 1.00. The fourth-order valence-corrected chi connectivity index (χ4v) is 2.78. The molecule has 0 aromatic rings. The van der Waals surface area contributed by atoms with Crippen LogP contribution in [-0.4, -0.2) is 37.6 Å². The first-order valence-corrected chi connectivity index (χ1v) is 8.11. The topological polar surface area (TPSA) is 15.3 Å². The van der Waals surface area contributed by atoms with Gasteiger partial charge in [0.1, 0.15) is 0 Å². The first kappa shape index (κ1) is 16.0. The first-order chi connectivity index (χ1) is 8.70. The Morgan fingerprint density at radius 2 is 1.78 bits per heavy atom. The van der Waals surface area contributed by atoms with Crippen molar-refractivity contribution >= 4 is 0 Å². The summed E-state index contributed by atoms with van der Waals surface area (Å²) in [6.07, 6.45) is 11.5. The summed E-state index contributed by atoms with van der Waals surface area (Å²) in [4.78, 5) is 2.43. The number of hydrogen-bond donors (Lipinski definition) is 1. The monoisotopic (exact) mass is 254 g/mol. The number of unbranched alkanes of at least 4 members (excludes halogenated alkanes) is 1. The second-order valence-corrected chi connectivity index (χ2v) is 6.32. The summed E-state index contributed by atoms with van der Waals surface area (Å²) in [5, 5.41) is 3.62. The molecule has 0 saturated heterocycles. The van der Waals surface area contributed by atoms with Gasteiger partial charge in [-0.15, -0.1) is 0 Å². The van der Waals surface area contributed by atoms with E-state index in [4.69, 9.17) is 0 Å². The van der Waals surface area contributed by atoms with Crippen LogP contribution in [0.25, 0.3) is 0 Å². The lowest BCUT2D eigenvalue weighted by Gasteiger charge is -2.22. The maximum Gasteiger partial charge on any atom is 0.00355 e. The van der Waals surface area contributed by atoms with E-state index in [1.165, 1.54) is 71.0 Å². The van der Waals surface area contributed by atoms with Gasteiger partial charge in [-0.3, -0.25) is 0 Å². The third-order valence-corrected chi connectivity index (χ3v) is 4.45. The number of hydrogen-bond acceptors (Lipinski definition) is 2. The summed E-state index contributed by atoms with van der Waals surface area (Å²) < 4.78 is 0. The maximum atomic E-state index is 3.62. The van der Waals surface area contributed by atoms with Crippen LogP contribution >= 0.6 is 0 Å². The standard InChI is InChI=1S/C16H34N2/c1-15(2)18(3)14-8-7-12-17-13-11-16-9-5-4-6-10-16/h15-17H,4-14H2,1-3H3. The molecule has 108 valence electrons. The highest BCUT2D eigenvalue weighted by Crippen LogP contribution is 2.25. The van der Waals surface area contributed by atoms with Crippen LogP contribution in [0.5, 0.6) is 0 Å². The van der Waals surface area contributed by atoms with Crippen molar-refractivity contribution in [2.45, 2.75) is 71.3 Å². The molecule has 0 heterocycles. The average Bonchev–Trinajstić information content (AvgIpc) is 2.38. The van der Waals surface area contributed by atoms with E-state index in [0.29, 0.717) is 6.04 Å². The molecule has 1 rings (SSSR count). The lowest BCUT2D eigenvalue weighted by Crippen LogP contribution is -2.28. The Morgan fingerprint density at radius 3 is 2.44 bits per heavy atom. The Morgan fingerprint density at radius 1 is 1.06 bits per heavy atom. The molecule has 0 spiro atoms. The summed E-state index contributed by atoms with van der Waals surface area (Å²) in [5.41, 5.74) is 0. The van der Waals surface area contributed by atoms with Gasteiger partial charge in [0.25, 0.3) is 0 Å². The molecule has 0 aromatic carbocycles. The molecule has 0 unspecified atom stereocenters. The second kappa shape index (κ2) is 9.80. The lowest BCUT2D eigenvalue weighted by atomic mass is 9.87. The molecular weight excluding hydrogens is 220 g/mol. The van der Waals surface area contributed by atoms with Gasteiger partial charge in [-0.2, -0.15) is 0 Å². The smallest absolute Gasteiger partial charge is 0.00355 e. The molecule has 0 amide bonds. The number of nitrogens with one attached hydrogen (secondary N) is 1. The van der Waals surface area contributed by atoms with Crippen LogP contribution in [0, 0.1) is 5.92 Å². The summed E-state index contributed by atoms with van der Waals surface area (Å²) in [5.74, 6) is 1.03. The van der Waals surface area contributed by atoms with E-state index in [0.717, 1.165) is 5.92 Å². The molecular formula is C16H34N2. The van der Waals surface area contributed by atoms with E-state index in [1.807, 2.05) is 0 Å². The molecule has 2 nitrogen and oxygen atoms in total. The summed E-state index contributed by atoms with van der Waals surface area (Å²) in [7, 11) is 2.22. The molecule has 1 N–H and O–H groups in total. The van der Waals surface area contributed by atoms with E-state index in [2.05, 4.69) is 31.1 Å². The molecule has 1 aliphatic carbocycles. The lowest BCUT2D eigenvalue weighted by molar-refractivity contribution is 0.267. The van der Waals surface area contributed by atoms with Crippen molar-refractivity contribution in [1.29, 1.82) is 0 Å². The Labute approximate surface area is 115 Å². The zero-order valence-corrected chi connectivity index (χ0v) is 12.9. The summed E-state index contributed by atoms with van der Waals surface area (Å²) in [6.45, 7) is 8.22. The van der Waals surface area contributed by atoms with Crippen LogP contribution in [-0.2, 0) is 0 Å². The van der Waals surface area contributed by atoms with Crippen LogP contribution in [0.1, 0.15) is 65.2 Å². The molecule has 2 heteroatoms. The van der Waals surface area contributed by atoms with Crippen molar-refractivity contribution in [3.8, 4) is 0 Å². The molecule has 18 heavy (non-hydrogen) atoms. The molecule has 0 bridgehead atoms. The quantitative estimate of drug-likeness (QED) is 0.632. The SMILES string of the molecule is CC(C)N(C)CCCCNCCC1CCCCC1. The molecule has 0 aromatic heterocycles. The zero-order valence-electron chi connectivity index (χ0n) is 12.9. The molecule has 1 aliphatic rings. The van der Waals surface area contributed by atoms with Crippen LogP contribution in [0.4, 0.5) is 0 Å². The van der Waals surface area contributed by atoms with Crippen LogP contribution in [0.3, 0.4) is 0 Å². The normalized spacial score (nSPS) is 17.8. The molecule has 1 fully saturated rings. The highest BCUT2D eigenvalue weighted by Gasteiger charge is 2.12. The minimum atomic E-state index is 0.685. The Balaban J connectivity index is 1.83. The van der Waals surface area contributed by atoms with Crippen LogP contribution in [0.2, 0.25) is 0 Å². The molecule has 0 atom stereocenters. The summed E-state index contributed by atoms with van der Waals surface area (Å²) >= 11 is 0. The van der Waals surface area contributed by atoms with Gasteiger partial charge in [0.15, 0.2) is 0 Å². The van der Waals surface area contributed by atoms with E-state index >= 15 is 0 Å². The number of nitrogens with zero attached hydrogens (tertiary/aromatic N) is 1. The largest absolute Gasteiger partial charge is 0.317 e. The van der Waals surface area contributed by atoms with Gasteiger partial charge in [-0.25, -0.2) is 0 Å². The zero-order chi connectivity index (χ0) is 13.2. The van der Waals surface area contributed by atoms with Gasteiger partial charge < -0.3 is 10.2 Å². The van der Waals surface area contributed by atoms with Crippen molar-refractivity contribution in [2.24, 2.45) is 5.92 Å². The van der Waals surface area contributed by atoms with Crippen molar-refractivity contribution in [3.05, 3.63) is 0 Å². The average molecular weight is 254 g/mol. The minimum Gasteiger partial charge on any atom is -0.317 e. The van der Waals surface area contributed by atoms with Gasteiger partial charge in [-0.1, -0.05) is 32.1 Å². The van der Waals surface area contributed by atoms with Gasteiger partial charge in [0.2, 0.25) is 0 Å². The van der Waals surface area contributed by atoms with Gasteiger partial charge in [-0.05, 0) is 65.7 Å². The first-order valence-electron chi connectivity index (χ1n) is 8.11. The minimum absolute atomic E-state index is 0.685. The van der Waals surface area contributed by atoms with Crippen LogP contribution < -0.4 is 5.32 Å². The van der Waals surface area contributed by atoms with Crippen molar-refractivity contribution in [1.82, 2.24) is 10.2 Å². The number of rotatable bonds is 9. The van der Waals surface area contributed by atoms with Crippen molar-refractivity contribution < 1.29 is 0 Å². The third-order valence-electron chi connectivity index (χ3n) is 4.45. The second-order valence-electron chi connectivity index (χ2n) is 6.32. The van der Waals surface area contributed by atoms with Crippen molar-refractivity contribution in [2.75, 3.05) is 26.7 Å².